The fourth-order valence-corrected chi connectivity index (χ4v) is 2.51. The van der Waals surface area contributed by atoms with Crippen molar-refractivity contribution in [3.63, 3.8) is 0 Å². The molecule has 0 saturated heterocycles. The molecule has 0 aliphatic heterocycles. The molecule has 5 nitrogen and oxygen atoms in total. The maximum Gasteiger partial charge on any atom is 0.329 e. The average molecular weight is 364 g/mol. The highest BCUT2D eigenvalue weighted by Gasteiger charge is 2.13. The third kappa shape index (κ3) is 5.08. The molecular formula is C17H15Cl2N3O2. The minimum atomic E-state index is -0.879. The molecule has 0 bridgehead atoms. The molecular weight excluding hydrogens is 349 g/mol. The highest BCUT2D eigenvalue weighted by molar-refractivity contribution is 6.39. The van der Waals surface area contributed by atoms with Crippen molar-refractivity contribution in [1.29, 1.82) is 0 Å². The van der Waals surface area contributed by atoms with E-state index in [9.17, 15) is 9.59 Å². The van der Waals surface area contributed by atoms with E-state index in [1.54, 1.807) is 30.3 Å². The second kappa shape index (κ2) is 7.95. The molecule has 0 aliphatic carbocycles. The van der Waals surface area contributed by atoms with Crippen LogP contribution in [-0.4, -0.2) is 18.0 Å². The molecule has 24 heavy (non-hydrogen) atoms. The first-order valence-electron chi connectivity index (χ1n) is 7.03. The van der Waals surface area contributed by atoms with Crippen molar-refractivity contribution in [2.45, 2.75) is 13.8 Å². The zero-order valence-corrected chi connectivity index (χ0v) is 14.6. The third-order valence-electron chi connectivity index (χ3n) is 3.02. The molecule has 2 aromatic rings. The number of amides is 2. The number of rotatable bonds is 3. The van der Waals surface area contributed by atoms with Crippen LogP contribution in [-0.2, 0) is 9.59 Å². The molecule has 0 unspecified atom stereocenters. The van der Waals surface area contributed by atoms with Gasteiger partial charge in [-0.25, -0.2) is 5.43 Å². The first-order valence-corrected chi connectivity index (χ1v) is 7.78. The number of hydrazone groups is 1. The Kier molecular flexibility index (Phi) is 5.95. The van der Waals surface area contributed by atoms with E-state index in [1.807, 2.05) is 19.9 Å². The van der Waals surface area contributed by atoms with Crippen LogP contribution in [0.4, 0.5) is 5.69 Å². The molecule has 124 valence electrons. The summed E-state index contributed by atoms with van der Waals surface area (Å²) in [4.78, 5) is 23.6. The molecule has 0 atom stereocenters. The van der Waals surface area contributed by atoms with Gasteiger partial charge in [-0.3, -0.25) is 9.59 Å². The first-order chi connectivity index (χ1) is 11.3. The Bertz CT molecular complexity index is 799. The number of hydrogen-bond acceptors (Lipinski definition) is 3. The van der Waals surface area contributed by atoms with E-state index in [0.717, 1.165) is 11.1 Å². The van der Waals surface area contributed by atoms with E-state index in [0.29, 0.717) is 21.3 Å². The predicted octanol–water partition coefficient (Wildman–Crippen LogP) is 3.70. The maximum atomic E-state index is 11.8. The lowest BCUT2D eigenvalue weighted by molar-refractivity contribution is -0.136. The van der Waals surface area contributed by atoms with Gasteiger partial charge in [0.1, 0.15) is 0 Å². The van der Waals surface area contributed by atoms with Crippen molar-refractivity contribution in [2.24, 2.45) is 5.10 Å². The van der Waals surface area contributed by atoms with Gasteiger partial charge in [-0.1, -0.05) is 35.3 Å². The van der Waals surface area contributed by atoms with Crippen LogP contribution >= 0.6 is 23.2 Å². The maximum absolute atomic E-state index is 11.8. The highest BCUT2D eigenvalue weighted by Crippen LogP contribution is 2.19. The van der Waals surface area contributed by atoms with E-state index in [-0.39, 0.29) is 0 Å². The Balaban J connectivity index is 1.96. The quantitative estimate of drug-likeness (QED) is 0.495. The third-order valence-corrected chi connectivity index (χ3v) is 3.58. The molecule has 2 aromatic carbocycles. The van der Waals surface area contributed by atoms with Crippen LogP contribution in [0.15, 0.2) is 41.5 Å². The molecule has 7 heteroatoms. The summed E-state index contributed by atoms with van der Waals surface area (Å²) in [5.74, 6) is -1.69. The van der Waals surface area contributed by atoms with Gasteiger partial charge in [0.2, 0.25) is 0 Å². The van der Waals surface area contributed by atoms with Crippen molar-refractivity contribution in [3.8, 4) is 0 Å². The molecule has 0 aromatic heterocycles. The Labute approximate surface area is 149 Å². The van der Waals surface area contributed by atoms with Gasteiger partial charge in [-0.05, 0) is 49.2 Å². The normalized spacial score (nSPS) is 10.7. The van der Waals surface area contributed by atoms with E-state index in [1.165, 1.54) is 6.21 Å². The van der Waals surface area contributed by atoms with Gasteiger partial charge in [-0.15, -0.1) is 0 Å². The number of carbonyl (C=O) groups is 2. The van der Waals surface area contributed by atoms with E-state index >= 15 is 0 Å². The fourth-order valence-electron chi connectivity index (χ4n) is 2.05. The summed E-state index contributed by atoms with van der Waals surface area (Å²) in [6.07, 6.45) is 1.33. The van der Waals surface area contributed by atoms with Crippen LogP contribution in [0.5, 0.6) is 0 Å². The number of carbonyl (C=O) groups excluding carboxylic acids is 2. The predicted molar refractivity (Wildman–Crippen MR) is 96.7 cm³/mol. The molecule has 0 fully saturated rings. The van der Waals surface area contributed by atoms with Gasteiger partial charge < -0.3 is 5.32 Å². The summed E-state index contributed by atoms with van der Waals surface area (Å²) < 4.78 is 0. The van der Waals surface area contributed by atoms with Gasteiger partial charge in [0.05, 0.1) is 11.2 Å². The Morgan fingerprint density at radius 1 is 1.00 bits per heavy atom. The summed E-state index contributed by atoms with van der Waals surface area (Å²) in [5.41, 5.74) is 5.24. The van der Waals surface area contributed by atoms with Crippen LogP contribution in [0, 0.1) is 13.8 Å². The van der Waals surface area contributed by atoms with Crippen molar-refractivity contribution in [3.05, 3.63) is 63.1 Å². The molecule has 2 amide bonds. The van der Waals surface area contributed by atoms with Crippen LogP contribution < -0.4 is 10.7 Å². The average Bonchev–Trinajstić information content (AvgIpc) is 2.48. The molecule has 0 spiro atoms. The number of halogens is 2. The Hall–Kier alpha value is -2.37. The topological polar surface area (TPSA) is 70.6 Å². The summed E-state index contributed by atoms with van der Waals surface area (Å²) in [6.45, 7) is 3.81. The lowest BCUT2D eigenvalue weighted by Gasteiger charge is -2.06. The molecule has 2 rings (SSSR count). The lowest BCUT2D eigenvalue weighted by atomic mass is 10.1. The van der Waals surface area contributed by atoms with Gasteiger partial charge in [0.15, 0.2) is 0 Å². The second-order valence-electron chi connectivity index (χ2n) is 5.20. The summed E-state index contributed by atoms with van der Waals surface area (Å²) in [5, 5.41) is 7.12. The van der Waals surface area contributed by atoms with Crippen molar-refractivity contribution in [2.75, 3.05) is 5.32 Å². The molecule has 0 aliphatic rings. The van der Waals surface area contributed by atoms with Crippen LogP contribution in [0.3, 0.4) is 0 Å². The number of hydrogen-bond donors (Lipinski definition) is 2. The number of nitrogens with zero attached hydrogens (tertiary/aromatic N) is 1. The largest absolute Gasteiger partial charge is 0.329 e. The molecule has 0 saturated carbocycles. The van der Waals surface area contributed by atoms with Crippen molar-refractivity contribution < 1.29 is 9.59 Å². The zero-order valence-electron chi connectivity index (χ0n) is 13.1. The van der Waals surface area contributed by atoms with Gasteiger partial charge in [-0.2, -0.15) is 5.10 Å². The number of aryl methyl sites for hydroxylation is 2. The summed E-state index contributed by atoms with van der Waals surface area (Å²) in [7, 11) is 0. The SMILES string of the molecule is Cc1cc(C)cc(NC(=O)C(=O)N/N=C\c2ccc(Cl)cc2Cl)c1. The number of anilines is 1. The first kappa shape index (κ1) is 18.0. The minimum absolute atomic E-state index is 0.389. The summed E-state index contributed by atoms with van der Waals surface area (Å²) in [6, 6.07) is 10.4. The minimum Gasteiger partial charge on any atom is -0.318 e. The van der Waals surface area contributed by atoms with E-state index < -0.39 is 11.8 Å². The number of nitrogens with one attached hydrogen (secondary N) is 2. The fraction of sp³-hybridized carbons (Fsp3) is 0.118. The number of benzene rings is 2. The van der Waals surface area contributed by atoms with Crippen LogP contribution in [0.2, 0.25) is 10.0 Å². The molecule has 0 radical (unpaired) electrons. The van der Waals surface area contributed by atoms with Gasteiger partial charge in [0.25, 0.3) is 0 Å². The van der Waals surface area contributed by atoms with Crippen molar-refractivity contribution in [1.82, 2.24) is 5.43 Å². The standard InChI is InChI=1S/C17H15Cl2N3O2/c1-10-5-11(2)7-14(6-10)21-16(23)17(24)22-20-9-12-3-4-13(18)8-15(12)19/h3-9H,1-2H3,(H,21,23)(H,22,24)/b20-9-. The van der Waals surface area contributed by atoms with Gasteiger partial charge >= 0.3 is 11.8 Å². The van der Waals surface area contributed by atoms with Gasteiger partial charge in [0, 0.05) is 16.3 Å². The smallest absolute Gasteiger partial charge is 0.318 e. The van der Waals surface area contributed by atoms with Crippen LogP contribution in [0.25, 0.3) is 0 Å². The Morgan fingerprint density at radius 3 is 2.29 bits per heavy atom. The van der Waals surface area contributed by atoms with Crippen LogP contribution in [0.1, 0.15) is 16.7 Å². The van der Waals surface area contributed by atoms with E-state index in [2.05, 4.69) is 15.8 Å². The molecule has 2 N–H and O–H groups in total. The zero-order chi connectivity index (χ0) is 17.7. The van der Waals surface area contributed by atoms with Crippen molar-refractivity contribution >= 4 is 46.9 Å². The van der Waals surface area contributed by atoms with E-state index in [4.69, 9.17) is 23.2 Å². The summed E-state index contributed by atoms with van der Waals surface area (Å²) >= 11 is 11.8. The Morgan fingerprint density at radius 2 is 1.67 bits per heavy atom. The molecule has 0 heterocycles. The highest BCUT2D eigenvalue weighted by atomic mass is 35.5. The monoisotopic (exact) mass is 363 g/mol. The lowest BCUT2D eigenvalue weighted by Crippen LogP contribution is -2.32. The second-order valence-corrected chi connectivity index (χ2v) is 6.04.